The summed E-state index contributed by atoms with van der Waals surface area (Å²) in [5, 5.41) is 3.67. The van der Waals surface area contributed by atoms with Crippen LogP contribution in [0.3, 0.4) is 0 Å². The van der Waals surface area contributed by atoms with E-state index < -0.39 is 0 Å². The third-order valence-corrected chi connectivity index (χ3v) is 3.87. The van der Waals surface area contributed by atoms with Crippen molar-refractivity contribution in [2.24, 2.45) is 0 Å². The molecule has 1 N–H and O–H groups in total. The molecule has 100 valence electrons. The number of halogens is 1. The Hall–Kier alpha value is -0.670. The van der Waals surface area contributed by atoms with Crippen LogP contribution >= 0.6 is 23.4 Å². The van der Waals surface area contributed by atoms with Gasteiger partial charge in [0.15, 0.2) is 0 Å². The molecule has 0 heterocycles. The third-order valence-electron chi connectivity index (χ3n) is 2.36. The van der Waals surface area contributed by atoms with Gasteiger partial charge in [0.2, 0.25) is 5.91 Å². The number of benzene rings is 1. The Morgan fingerprint density at radius 2 is 2.11 bits per heavy atom. The second-order valence-electron chi connectivity index (χ2n) is 5.25. The number of carbonyl (C=O) groups is 1. The smallest absolute Gasteiger partial charge is 0.230 e. The van der Waals surface area contributed by atoms with Gasteiger partial charge in [-0.1, -0.05) is 44.5 Å². The average molecular weight is 286 g/mol. The highest BCUT2D eigenvalue weighted by molar-refractivity contribution is 8.01. The van der Waals surface area contributed by atoms with Gasteiger partial charge in [-0.05, 0) is 24.6 Å². The van der Waals surface area contributed by atoms with Crippen LogP contribution in [-0.4, -0.2) is 16.4 Å². The number of hydrogen-bond donors (Lipinski definition) is 1. The van der Waals surface area contributed by atoms with E-state index in [-0.39, 0.29) is 16.7 Å². The summed E-state index contributed by atoms with van der Waals surface area (Å²) >= 11 is 7.57. The second-order valence-corrected chi connectivity index (χ2v) is 7.48. The van der Waals surface area contributed by atoms with E-state index in [0.29, 0.717) is 10.8 Å². The van der Waals surface area contributed by atoms with Crippen LogP contribution in [0, 0.1) is 0 Å². The molecule has 1 amide bonds. The van der Waals surface area contributed by atoms with Crippen LogP contribution in [0.4, 0.5) is 0 Å². The minimum absolute atomic E-state index is 0.0169. The Balaban J connectivity index is 2.50. The van der Waals surface area contributed by atoms with E-state index in [9.17, 15) is 4.79 Å². The summed E-state index contributed by atoms with van der Waals surface area (Å²) in [4.78, 5) is 11.8. The van der Waals surface area contributed by atoms with Crippen molar-refractivity contribution in [2.75, 3.05) is 5.75 Å². The van der Waals surface area contributed by atoms with Gasteiger partial charge in [-0.25, -0.2) is 0 Å². The van der Waals surface area contributed by atoms with Crippen molar-refractivity contribution >= 4 is 29.3 Å². The molecule has 1 atom stereocenters. The fraction of sp³-hybridized carbons (Fsp3) is 0.500. The lowest BCUT2D eigenvalue weighted by Crippen LogP contribution is -2.29. The molecule has 0 radical (unpaired) electrons. The van der Waals surface area contributed by atoms with Gasteiger partial charge < -0.3 is 5.32 Å². The molecule has 1 unspecified atom stereocenters. The number of thioether (sulfide) groups is 1. The van der Waals surface area contributed by atoms with E-state index in [1.807, 2.05) is 31.2 Å². The number of nitrogens with one attached hydrogen (secondary N) is 1. The van der Waals surface area contributed by atoms with E-state index in [1.54, 1.807) is 11.8 Å². The van der Waals surface area contributed by atoms with Crippen molar-refractivity contribution < 1.29 is 4.79 Å². The summed E-state index contributed by atoms with van der Waals surface area (Å²) in [5.74, 6) is 0.538. The lowest BCUT2D eigenvalue weighted by atomic mass is 10.1. The van der Waals surface area contributed by atoms with Crippen molar-refractivity contribution in [3.63, 3.8) is 0 Å². The lowest BCUT2D eigenvalue weighted by molar-refractivity contribution is -0.119. The first kappa shape index (κ1) is 15.4. The van der Waals surface area contributed by atoms with Gasteiger partial charge in [-0.3, -0.25) is 4.79 Å². The van der Waals surface area contributed by atoms with Crippen LogP contribution in [-0.2, 0) is 4.79 Å². The summed E-state index contributed by atoms with van der Waals surface area (Å²) in [6.45, 7) is 8.27. The van der Waals surface area contributed by atoms with Crippen molar-refractivity contribution in [1.82, 2.24) is 5.32 Å². The molecule has 0 aliphatic rings. The van der Waals surface area contributed by atoms with Crippen molar-refractivity contribution in [3.8, 4) is 0 Å². The molecule has 0 aliphatic carbocycles. The molecule has 2 nitrogen and oxygen atoms in total. The lowest BCUT2D eigenvalue weighted by Gasteiger charge is -2.19. The molecule has 0 fully saturated rings. The SMILES string of the molecule is CC(NC(=O)CSC(C)(C)C)c1cccc(Cl)c1. The Morgan fingerprint density at radius 3 is 2.67 bits per heavy atom. The summed E-state index contributed by atoms with van der Waals surface area (Å²) in [5.41, 5.74) is 1.02. The summed E-state index contributed by atoms with van der Waals surface area (Å²) in [7, 11) is 0. The quantitative estimate of drug-likeness (QED) is 0.904. The number of hydrogen-bond acceptors (Lipinski definition) is 2. The van der Waals surface area contributed by atoms with E-state index in [1.165, 1.54) is 0 Å². The first-order chi connectivity index (χ1) is 8.28. The molecule has 18 heavy (non-hydrogen) atoms. The number of carbonyl (C=O) groups excluding carboxylic acids is 1. The Morgan fingerprint density at radius 1 is 1.44 bits per heavy atom. The first-order valence-corrected chi connectivity index (χ1v) is 7.33. The van der Waals surface area contributed by atoms with Crippen LogP contribution in [0.5, 0.6) is 0 Å². The molecule has 1 aromatic rings. The predicted molar refractivity (Wildman–Crippen MR) is 80.2 cm³/mol. The molecule has 1 rings (SSSR count). The van der Waals surface area contributed by atoms with Crippen LogP contribution in [0.1, 0.15) is 39.3 Å². The van der Waals surface area contributed by atoms with E-state index in [2.05, 4.69) is 26.1 Å². The van der Waals surface area contributed by atoms with Gasteiger partial charge in [-0.2, -0.15) is 0 Å². The number of amides is 1. The number of rotatable bonds is 4. The van der Waals surface area contributed by atoms with Crippen molar-refractivity contribution in [3.05, 3.63) is 34.9 Å². The molecule has 0 saturated carbocycles. The minimum atomic E-state index is -0.0169. The molecular weight excluding hydrogens is 266 g/mol. The molecule has 0 saturated heterocycles. The monoisotopic (exact) mass is 285 g/mol. The highest BCUT2D eigenvalue weighted by Gasteiger charge is 2.15. The highest BCUT2D eigenvalue weighted by Crippen LogP contribution is 2.23. The predicted octanol–water partition coefficient (Wildman–Crippen LogP) is 4.05. The van der Waals surface area contributed by atoms with E-state index in [0.717, 1.165) is 5.56 Å². The van der Waals surface area contributed by atoms with Gasteiger partial charge in [0.05, 0.1) is 11.8 Å². The molecule has 4 heteroatoms. The average Bonchev–Trinajstić information content (AvgIpc) is 2.25. The zero-order valence-electron chi connectivity index (χ0n) is 11.3. The van der Waals surface area contributed by atoms with Gasteiger partial charge >= 0.3 is 0 Å². The van der Waals surface area contributed by atoms with Gasteiger partial charge in [0, 0.05) is 9.77 Å². The Kier molecular flexibility index (Phi) is 5.54. The van der Waals surface area contributed by atoms with Crippen LogP contribution in [0.2, 0.25) is 5.02 Å². The molecule has 0 spiro atoms. The molecule has 0 aliphatic heterocycles. The largest absolute Gasteiger partial charge is 0.349 e. The first-order valence-electron chi connectivity index (χ1n) is 5.97. The fourth-order valence-corrected chi connectivity index (χ4v) is 2.27. The van der Waals surface area contributed by atoms with Gasteiger partial charge in [0.1, 0.15) is 0 Å². The van der Waals surface area contributed by atoms with E-state index in [4.69, 9.17) is 11.6 Å². The van der Waals surface area contributed by atoms with Crippen LogP contribution < -0.4 is 5.32 Å². The molecule has 1 aromatic carbocycles. The fourth-order valence-electron chi connectivity index (χ4n) is 1.42. The summed E-state index contributed by atoms with van der Waals surface area (Å²) in [6.07, 6.45) is 0. The second kappa shape index (κ2) is 6.48. The topological polar surface area (TPSA) is 29.1 Å². The maximum absolute atomic E-state index is 11.8. The van der Waals surface area contributed by atoms with E-state index >= 15 is 0 Å². The molecule has 0 bridgehead atoms. The third kappa shape index (κ3) is 5.78. The van der Waals surface area contributed by atoms with Crippen molar-refractivity contribution in [1.29, 1.82) is 0 Å². The Bertz CT molecular complexity index is 415. The normalized spacial score (nSPS) is 13.2. The molecular formula is C14H20ClNOS. The highest BCUT2D eigenvalue weighted by atomic mass is 35.5. The van der Waals surface area contributed by atoms with Crippen molar-refractivity contribution in [2.45, 2.75) is 38.5 Å². The summed E-state index contributed by atoms with van der Waals surface area (Å²) in [6, 6.07) is 7.55. The van der Waals surface area contributed by atoms with Gasteiger partial charge in [0.25, 0.3) is 0 Å². The zero-order valence-corrected chi connectivity index (χ0v) is 12.9. The Labute approximate surface area is 118 Å². The van der Waals surface area contributed by atoms with Crippen LogP contribution in [0.25, 0.3) is 0 Å². The van der Waals surface area contributed by atoms with Gasteiger partial charge in [-0.15, -0.1) is 11.8 Å². The summed E-state index contributed by atoms with van der Waals surface area (Å²) < 4.78 is 0.108. The zero-order chi connectivity index (χ0) is 13.8. The van der Waals surface area contributed by atoms with Crippen LogP contribution in [0.15, 0.2) is 24.3 Å². The minimum Gasteiger partial charge on any atom is -0.349 e. The standard InChI is InChI=1S/C14H20ClNOS/c1-10(11-6-5-7-12(15)8-11)16-13(17)9-18-14(2,3)4/h5-8,10H,9H2,1-4H3,(H,16,17). The molecule has 0 aromatic heterocycles. The maximum Gasteiger partial charge on any atom is 0.230 e. The maximum atomic E-state index is 11.8.